The molecule has 2 amide bonds. The summed E-state index contributed by atoms with van der Waals surface area (Å²) in [6.07, 6.45) is 14.0. The molecular weight excluding hydrogens is 372 g/mol. The molecule has 0 saturated heterocycles. The van der Waals surface area contributed by atoms with E-state index in [9.17, 15) is 19.5 Å². The van der Waals surface area contributed by atoms with Gasteiger partial charge in [-0.15, -0.1) is 0 Å². The van der Waals surface area contributed by atoms with Crippen LogP contribution in [0.4, 0.5) is 0 Å². The smallest absolute Gasteiger partial charge is 0.326 e. The number of aromatic nitrogens is 2. The molecule has 0 aliphatic rings. The summed E-state index contributed by atoms with van der Waals surface area (Å²) in [4.78, 5) is 42.3. The molecule has 0 radical (unpaired) electrons. The van der Waals surface area contributed by atoms with E-state index in [1.54, 1.807) is 13.1 Å². The number of carbonyl (C=O) groups is 3. The molecule has 2 atom stereocenters. The van der Waals surface area contributed by atoms with Gasteiger partial charge in [0.15, 0.2) is 0 Å². The third kappa shape index (κ3) is 11.3. The third-order valence-corrected chi connectivity index (χ3v) is 4.86. The lowest BCUT2D eigenvalue weighted by atomic mass is 10.1. The summed E-state index contributed by atoms with van der Waals surface area (Å²) < 4.78 is 0. The summed E-state index contributed by atoms with van der Waals surface area (Å²) in [5.41, 5.74) is 0.541. The highest BCUT2D eigenvalue weighted by Gasteiger charge is 2.24. The van der Waals surface area contributed by atoms with Crippen LogP contribution in [0.2, 0.25) is 0 Å². The Morgan fingerprint density at radius 3 is 2.21 bits per heavy atom. The molecule has 0 spiro atoms. The van der Waals surface area contributed by atoms with Crippen LogP contribution in [-0.2, 0) is 20.8 Å². The summed E-state index contributed by atoms with van der Waals surface area (Å²) in [6, 6.07) is -1.88. The second kappa shape index (κ2) is 14.6. The number of unbranched alkanes of at least 4 members (excludes halogenated alkanes) is 8. The van der Waals surface area contributed by atoms with Gasteiger partial charge in [-0.1, -0.05) is 58.3 Å². The van der Waals surface area contributed by atoms with Gasteiger partial charge in [0.25, 0.3) is 0 Å². The van der Waals surface area contributed by atoms with E-state index in [0.717, 1.165) is 19.3 Å². The van der Waals surface area contributed by atoms with Gasteiger partial charge in [-0.25, -0.2) is 9.78 Å². The van der Waals surface area contributed by atoms with E-state index in [1.165, 1.54) is 44.9 Å². The largest absolute Gasteiger partial charge is 0.480 e. The minimum absolute atomic E-state index is 0.0731. The van der Waals surface area contributed by atoms with Crippen LogP contribution < -0.4 is 10.6 Å². The maximum absolute atomic E-state index is 12.2. The van der Waals surface area contributed by atoms with Crippen molar-refractivity contribution < 1.29 is 19.5 Å². The second-order valence-corrected chi connectivity index (χ2v) is 7.53. The summed E-state index contributed by atoms with van der Waals surface area (Å²) in [7, 11) is 0. The van der Waals surface area contributed by atoms with Crippen molar-refractivity contribution in [2.75, 3.05) is 0 Å². The lowest BCUT2D eigenvalue weighted by Crippen LogP contribution is -2.51. The standard InChI is InChI=1S/C21H36N4O4/c1-3-4-5-6-7-8-9-10-11-12-19(26)24-16(2)20(27)25-18(21(28)29)13-17-14-22-15-23-17/h14-16,18H,3-13H2,1-2H3,(H,22,23)(H,24,26)(H,25,27)(H,28,29)/t16-,18-/m0/s1. The first-order valence-corrected chi connectivity index (χ1v) is 10.7. The zero-order valence-corrected chi connectivity index (χ0v) is 17.7. The number of carbonyl (C=O) groups excluding carboxylic acids is 2. The van der Waals surface area contributed by atoms with Gasteiger partial charge in [0.05, 0.1) is 12.0 Å². The van der Waals surface area contributed by atoms with E-state index in [-0.39, 0.29) is 12.3 Å². The summed E-state index contributed by atoms with van der Waals surface area (Å²) >= 11 is 0. The zero-order valence-electron chi connectivity index (χ0n) is 17.7. The highest BCUT2D eigenvalue weighted by molar-refractivity contribution is 5.90. The molecule has 1 rings (SSSR count). The molecule has 1 aromatic rings. The fourth-order valence-electron chi connectivity index (χ4n) is 3.08. The summed E-state index contributed by atoms with van der Waals surface area (Å²) in [6.45, 7) is 3.76. The van der Waals surface area contributed by atoms with E-state index in [0.29, 0.717) is 12.1 Å². The third-order valence-electron chi connectivity index (χ3n) is 4.86. The number of hydrogen-bond donors (Lipinski definition) is 4. The Morgan fingerprint density at radius 1 is 1.03 bits per heavy atom. The van der Waals surface area contributed by atoms with Crippen LogP contribution in [0.3, 0.4) is 0 Å². The number of hydrogen-bond acceptors (Lipinski definition) is 4. The Morgan fingerprint density at radius 2 is 1.66 bits per heavy atom. The molecule has 0 aliphatic heterocycles. The molecule has 1 heterocycles. The molecule has 0 bridgehead atoms. The lowest BCUT2D eigenvalue weighted by molar-refractivity contribution is -0.142. The predicted molar refractivity (Wildman–Crippen MR) is 111 cm³/mol. The van der Waals surface area contributed by atoms with Crippen LogP contribution >= 0.6 is 0 Å². The van der Waals surface area contributed by atoms with E-state index in [1.807, 2.05) is 0 Å². The molecular formula is C21H36N4O4. The number of aromatic amines is 1. The lowest BCUT2D eigenvalue weighted by Gasteiger charge is -2.18. The van der Waals surface area contributed by atoms with Gasteiger partial charge >= 0.3 is 5.97 Å². The first-order valence-electron chi connectivity index (χ1n) is 10.7. The van der Waals surface area contributed by atoms with Crippen LogP contribution in [0, 0.1) is 0 Å². The number of nitrogens with one attached hydrogen (secondary N) is 3. The first-order chi connectivity index (χ1) is 13.9. The van der Waals surface area contributed by atoms with Gasteiger partial charge in [-0.3, -0.25) is 9.59 Å². The normalized spacial score (nSPS) is 12.9. The second-order valence-electron chi connectivity index (χ2n) is 7.53. The van der Waals surface area contributed by atoms with Gasteiger partial charge in [-0.05, 0) is 13.3 Å². The highest BCUT2D eigenvalue weighted by atomic mass is 16.4. The van der Waals surface area contributed by atoms with Crippen molar-refractivity contribution in [3.05, 3.63) is 18.2 Å². The fraction of sp³-hybridized carbons (Fsp3) is 0.714. The molecule has 8 nitrogen and oxygen atoms in total. The van der Waals surface area contributed by atoms with E-state index in [2.05, 4.69) is 27.5 Å². The van der Waals surface area contributed by atoms with Crippen LogP contribution in [0.15, 0.2) is 12.5 Å². The Kier molecular flexibility index (Phi) is 12.4. The van der Waals surface area contributed by atoms with Gasteiger partial charge in [-0.2, -0.15) is 0 Å². The number of amides is 2. The summed E-state index contributed by atoms with van der Waals surface area (Å²) in [5.74, 6) is -1.85. The van der Waals surface area contributed by atoms with Crippen molar-refractivity contribution in [3.63, 3.8) is 0 Å². The molecule has 164 valence electrons. The predicted octanol–water partition coefficient (Wildman–Crippen LogP) is 2.95. The maximum atomic E-state index is 12.2. The van der Waals surface area contributed by atoms with Crippen molar-refractivity contribution >= 4 is 17.8 Å². The SMILES string of the molecule is CCCCCCCCCCCC(=O)N[C@@H](C)C(=O)N[C@@H](Cc1c[nH]cn1)C(=O)O. The Bertz CT molecular complexity index is 604. The molecule has 4 N–H and O–H groups in total. The Labute approximate surface area is 173 Å². The van der Waals surface area contributed by atoms with Crippen molar-refractivity contribution in [3.8, 4) is 0 Å². The van der Waals surface area contributed by atoms with Gasteiger partial charge in [0, 0.05) is 19.0 Å². The minimum atomic E-state index is -1.14. The zero-order chi connectivity index (χ0) is 21.5. The number of aliphatic carboxylic acids is 1. The van der Waals surface area contributed by atoms with Crippen molar-refractivity contribution in [1.82, 2.24) is 20.6 Å². The molecule has 0 aliphatic carbocycles. The molecule has 0 saturated carbocycles. The molecule has 1 aromatic heterocycles. The molecule has 0 aromatic carbocycles. The van der Waals surface area contributed by atoms with Crippen molar-refractivity contribution in [2.24, 2.45) is 0 Å². The number of H-pyrrole nitrogens is 1. The Hall–Kier alpha value is -2.38. The van der Waals surface area contributed by atoms with Gasteiger partial charge in [0.2, 0.25) is 11.8 Å². The van der Waals surface area contributed by atoms with Crippen LogP contribution in [0.1, 0.15) is 83.7 Å². The first kappa shape index (κ1) is 24.7. The Balaban J connectivity index is 2.20. The van der Waals surface area contributed by atoms with E-state index >= 15 is 0 Å². The number of rotatable bonds is 16. The monoisotopic (exact) mass is 408 g/mol. The fourth-order valence-corrected chi connectivity index (χ4v) is 3.08. The highest BCUT2D eigenvalue weighted by Crippen LogP contribution is 2.10. The van der Waals surface area contributed by atoms with Gasteiger partial charge in [0.1, 0.15) is 12.1 Å². The average Bonchev–Trinajstić information content (AvgIpc) is 3.19. The minimum Gasteiger partial charge on any atom is -0.480 e. The average molecular weight is 409 g/mol. The molecule has 0 fully saturated rings. The van der Waals surface area contributed by atoms with E-state index < -0.39 is 24.0 Å². The molecule has 8 heteroatoms. The van der Waals surface area contributed by atoms with Crippen molar-refractivity contribution in [2.45, 2.75) is 96.6 Å². The number of carboxylic acid groups (broad SMARTS) is 1. The number of carboxylic acids is 1. The van der Waals surface area contributed by atoms with Crippen LogP contribution in [0.5, 0.6) is 0 Å². The molecule has 0 unspecified atom stereocenters. The maximum Gasteiger partial charge on any atom is 0.326 e. The number of nitrogens with zero attached hydrogens (tertiary/aromatic N) is 1. The topological polar surface area (TPSA) is 124 Å². The van der Waals surface area contributed by atoms with Crippen LogP contribution in [0.25, 0.3) is 0 Å². The number of imidazole rings is 1. The van der Waals surface area contributed by atoms with Crippen LogP contribution in [-0.4, -0.2) is 44.9 Å². The van der Waals surface area contributed by atoms with Gasteiger partial charge < -0.3 is 20.7 Å². The van der Waals surface area contributed by atoms with E-state index in [4.69, 9.17) is 0 Å². The quantitative estimate of drug-likeness (QED) is 0.313. The molecule has 29 heavy (non-hydrogen) atoms. The summed E-state index contributed by atoms with van der Waals surface area (Å²) in [5, 5.41) is 14.4. The van der Waals surface area contributed by atoms with Crippen molar-refractivity contribution in [1.29, 1.82) is 0 Å².